The van der Waals surface area contributed by atoms with Gasteiger partial charge in [0.15, 0.2) is 16.6 Å². The first-order valence-corrected chi connectivity index (χ1v) is 14.2. The molecule has 0 saturated heterocycles. The lowest BCUT2D eigenvalue weighted by atomic mass is 10.0. The topological polar surface area (TPSA) is 143 Å². The SMILES string of the molecule is COCCC(C(C)c1ncc(F)cn1)S(=O)(=O)Nc1nnc(-c2nc(C)cs2)n1-c1c(OC)cccc1OC. The number of hydrogen-bond donors (Lipinski definition) is 1. The van der Waals surface area contributed by atoms with Crippen molar-refractivity contribution in [2.75, 3.05) is 32.7 Å². The lowest BCUT2D eigenvalue weighted by Gasteiger charge is -2.24. The molecule has 0 fully saturated rings. The lowest BCUT2D eigenvalue weighted by molar-refractivity contribution is 0.191. The summed E-state index contributed by atoms with van der Waals surface area (Å²) >= 11 is 1.33. The molecule has 0 spiro atoms. The maximum Gasteiger partial charge on any atom is 0.243 e. The fraction of sp³-hybridized carbons (Fsp3) is 0.375. The Kier molecular flexibility index (Phi) is 8.72. The van der Waals surface area contributed by atoms with Crippen molar-refractivity contribution in [2.45, 2.75) is 31.4 Å². The summed E-state index contributed by atoms with van der Waals surface area (Å²) in [6.45, 7) is 3.64. The number of nitrogens with zero attached hydrogens (tertiary/aromatic N) is 6. The van der Waals surface area contributed by atoms with Crippen LogP contribution in [-0.2, 0) is 14.8 Å². The largest absolute Gasteiger partial charge is 0.494 e. The van der Waals surface area contributed by atoms with Crippen molar-refractivity contribution in [1.82, 2.24) is 29.7 Å². The third kappa shape index (κ3) is 5.99. The van der Waals surface area contributed by atoms with Crippen LogP contribution >= 0.6 is 11.3 Å². The molecule has 2 unspecified atom stereocenters. The van der Waals surface area contributed by atoms with E-state index < -0.39 is 27.0 Å². The average Bonchev–Trinajstić information content (AvgIpc) is 3.53. The van der Waals surface area contributed by atoms with Crippen molar-refractivity contribution in [2.24, 2.45) is 0 Å². The van der Waals surface area contributed by atoms with E-state index in [-0.39, 0.29) is 30.6 Å². The Bertz CT molecular complexity index is 1500. The summed E-state index contributed by atoms with van der Waals surface area (Å²) in [5.74, 6) is -0.177. The predicted molar refractivity (Wildman–Crippen MR) is 144 cm³/mol. The van der Waals surface area contributed by atoms with Crippen molar-refractivity contribution in [3.05, 3.63) is 53.3 Å². The van der Waals surface area contributed by atoms with Crippen LogP contribution in [0.25, 0.3) is 16.5 Å². The molecule has 0 aliphatic carbocycles. The minimum Gasteiger partial charge on any atom is -0.494 e. The molecule has 208 valence electrons. The van der Waals surface area contributed by atoms with E-state index in [1.165, 1.54) is 37.2 Å². The highest BCUT2D eigenvalue weighted by molar-refractivity contribution is 7.93. The highest BCUT2D eigenvalue weighted by Crippen LogP contribution is 2.38. The summed E-state index contributed by atoms with van der Waals surface area (Å²) in [4.78, 5) is 12.5. The molecule has 1 N–H and O–H groups in total. The van der Waals surface area contributed by atoms with Crippen LogP contribution in [0.5, 0.6) is 11.5 Å². The Labute approximate surface area is 229 Å². The van der Waals surface area contributed by atoms with Crippen molar-refractivity contribution in [3.8, 4) is 28.0 Å². The van der Waals surface area contributed by atoms with E-state index in [1.807, 2.05) is 12.3 Å². The summed E-state index contributed by atoms with van der Waals surface area (Å²) in [5, 5.41) is 9.77. The number of benzene rings is 1. The lowest BCUT2D eigenvalue weighted by Crippen LogP contribution is -2.35. The molecule has 0 aliphatic rings. The smallest absolute Gasteiger partial charge is 0.243 e. The molecule has 0 saturated carbocycles. The summed E-state index contributed by atoms with van der Waals surface area (Å²) in [6.07, 6.45) is 2.11. The maximum absolute atomic E-state index is 13.9. The zero-order valence-corrected chi connectivity index (χ0v) is 23.6. The van der Waals surface area contributed by atoms with Gasteiger partial charge in [-0.3, -0.25) is 9.29 Å². The minimum atomic E-state index is -4.16. The molecule has 15 heteroatoms. The number of aromatic nitrogens is 6. The van der Waals surface area contributed by atoms with Crippen LogP contribution < -0.4 is 14.2 Å². The second-order valence-electron chi connectivity index (χ2n) is 8.50. The number of sulfonamides is 1. The van der Waals surface area contributed by atoms with Crippen molar-refractivity contribution < 1.29 is 27.0 Å². The standard InChI is InChI=1S/C24H28FN7O5S2/c1-14-13-38-23(28-14)22-29-30-24(32(22)20-17(36-4)7-6-8-18(20)37-5)31-39(33,34)19(9-10-35-3)15(2)21-26-11-16(25)12-27-21/h6-8,11-13,15,19H,9-10H2,1-5H3,(H,30,31). The Hall–Kier alpha value is -3.69. The number of ether oxygens (including phenoxy) is 3. The third-order valence-corrected chi connectivity index (χ3v) is 8.81. The fourth-order valence-corrected chi connectivity index (χ4v) is 6.42. The molecular weight excluding hydrogens is 549 g/mol. The quantitative estimate of drug-likeness (QED) is 0.265. The van der Waals surface area contributed by atoms with Crippen LogP contribution in [0.3, 0.4) is 0 Å². The number of nitrogens with one attached hydrogen (secondary N) is 1. The third-order valence-electron chi connectivity index (χ3n) is 5.94. The predicted octanol–water partition coefficient (Wildman–Crippen LogP) is 3.60. The summed E-state index contributed by atoms with van der Waals surface area (Å²) in [7, 11) is 0.293. The normalized spacial score (nSPS) is 13.2. The van der Waals surface area contributed by atoms with Gasteiger partial charge in [0.2, 0.25) is 16.0 Å². The zero-order valence-electron chi connectivity index (χ0n) is 22.0. The van der Waals surface area contributed by atoms with E-state index in [1.54, 1.807) is 25.1 Å². The van der Waals surface area contributed by atoms with Gasteiger partial charge in [0.05, 0.1) is 31.9 Å². The summed E-state index contributed by atoms with van der Waals surface area (Å²) < 4.78 is 61.6. The number of anilines is 1. The van der Waals surface area contributed by atoms with Gasteiger partial charge in [-0.05, 0) is 25.5 Å². The van der Waals surface area contributed by atoms with Crippen LogP contribution in [0.1, 0.15) is 30.8 Å². The van der Waals surface area contributed by atoms with E-state index in [2.05, 4.69) is 29.9 Å². The maximum atomic E-state index is 13.9. The van der Waals surface area contributed by atoms with Gasteiger partial charge in [-0.1, -0.05) is 13.0 Å². The molecule has 0 bridgehead atoms. The van der Waals surface area contributed by atoms with Gasteiger partial charge < -0.3 is 14.2 Å². The number of thiazole rings is 1. The first-order valence-electron chi connectivity index (χ1n) is 11.8. The number of rotatable bonds is 12. The van der Waals surface area contributed by atoms with Crippen molar-refractivity contribution >= 4 is 27.3 Å². The van der Waals surface area contributed by atoms with Gasteiger partial charge in [0, 0.05) is 30.7 Å². The van der Waals surface area contributed by atoms with Crippen LogP contribution in [0.2, 0.25) is 0 Å². The Morgan fingerprint density at radius 1 is 1.10 bits per heavy atom. The minimum absolute atomic E-state index is 0.102. The monoisotopic (exact) mass is 577 g/mol. The molecule has 4 rings (SSSR count). The van der Waals surface area contributed by atoms with Crippen molar-refractivity contribution in [1.29, 1.82) is 0 Å². The number of halogens is 1. The van der Waals surface area contributed by atoms with Gasteiger partial charge in [0.1, 0.15) is 23.0 Å². The number of para-hydroxylation sites is 1. The van der Waals surface area contributed by atoms with Gasteiger partial charge in [0.25, 0.3) is 0 Å². The number of aryl methyl sites for hydroxylation is 1. The highest BCUT2D eigenvalue weighted by Gasteiger charge is 2.35. The van der Waals surface area contributed by atoms with Gasteiger partial charge >= 0.3 is 0 Å². The van der Waals surface area contributed by atoms with Gasteiger partial charge in [-0.15, -0.1) is 21.5 Å². The van der Waals surface area contributed by atoms with Crippen LogP contribution in [0.4, 0.5) is 10.3 Å². The number of methoxy groups -OCH3 is 3. The average molecular weight is 578 g/mol. The van der Waals surface area contributed by atoms with E-state index in [0.717, 1.165) is 18.1 Å². The zero-order chi connectivity index (χ0) is 28.2. The second-order valence-corrected chi connectivity index (χ2v) is 11.3. The van der Waals surface area contributed by atoms with E-state index in [4.69, 9.17) is 14.2 Å². The van der Waals surface area contributed by atoms with Crippen molar-refractivity contribution in [3.63, 3.8) is 0 Å². The van der Waals surface area contributed by atoms with Gasteiger partial charge in [-0.25, -0.2) is 27.8 Å². The van der Waals surface area contributed by atoms with E-state index in [0.29, 0.717) is 22.2 Å². The molecule has 0 aliphatic heterocycles. The Morgan fingerprint density at radius 2 is 1.77 bits per heavy atom. The molecule has 3 heterocycles. The first-order chi connectivity index (χ1) is 18.7. The van der Waals surface area contributed by atoms with Crippen LogP contribution in [-0.4, -0.2) is 71.3 Å². The van der Waals surface area contributed by atoms with Crippen LogP contribution in [0, 0.1) is 12.7 Å². The Balaban J connectivity index is 1.84. The molecule has 1 aromatic carbocycles. The van der Waals surface area contributed by atoms with E-state index in [9.17, 15) is 12.8 Å². The fourth-order valence-electron chi connectivity index (χ4n) is 4.04. The number of hydrogen-bond acceptors (Lipinski definition) is 11. The van der Waals surface area contributed by atoms with Gasteiger partial charge in [-0.2, -0.15) is 0 Å². The molecule has 0 amide bonds. The summed E-state index contributed by atoms with van der Waals surface area (Å²) in [5.41, 5.74) is 1.16. The molecule has 2 atom stereocenters. The van der Waals surface area contributed by atoms with Crippen LogP contribution in [0.15, 0.2) is 36.0 Å². The molecule has 39 heavy (non-hydrogen) atoms. The summed E-state index contributed by atoms with van der Waals surface area (Å²) in [6, 6.07) is 5.17. The molecular formula is C24H28FN7O5S2. The Morgan fingerprint density at radius 3 is 2.33 bits per heavy atom. The second kappa shape index (κ2) is 12.0. The molecule has 12 nitrogen and oxygen atoms in total. The highest BCUT2D eigenvalue weighted by atomic mass is 32.2. The molecule has 4 aromatic rings. The molecule has 3 aromatic heterocycles. The van der Waals surface area contributed by atoms with E-state index >= 15 is 0 Å². The molecule has 0 radical (unpaired) electrons. The first kappa shape index (κ1) is 28.3.